The van der Waals surface area contributed by atoms with E-state index in [1.807, 2.05) is 24.4 Å². The summed E-state index contributed by atoms with van der Waals surface area (Å²) in [6.45, 7) is 6.84. The minimum absolute atomic E-state index is 0.158. The maximum atomic E-state index is 10.2. The first-order valence-corrected chi connectivity index (χ1v) is 14.1. The quantitative estimate of drug-likeness (QED) is 0.434. The smallest absolute Gasteiger partial charge is 0.172 e. The van der Waals surface area contributed by atoms with Crippen molar-refractivity contribution in [3.05, 3.63) is 48.3 Å². The molecule has 3 fully saturated rings. The predicted octanol–water partition coefficient (Wildman–Crippen LogP) is 3.73. The van der Waals surface area contributed by atoms with E-state index in [1.54, 1.807) is 16.8 Å². The van der Waals surface area contributed by atoms with E-state index in [0.29, 0.717) is 52.8 Å². The van der Waals surface area contributed by atoms with E-state index in [4.69, 9.17) is 10.5 Å². The van der Waals surface area contributed by atoms with Gasteiger partial charge in [-0.25, -0.2) is 4.68 Å². The summed E-state index contributed by atoms with van der Waals surface area (Å²) in [6.07, 6.45) is 12.1. The number of aromatic nitrogens is 4. The van der Waals surface area contributed by atoms with Crippen molar-refractivity contribution in [1.29, 1.82) is 0 Å². The number of likely N-dealkylation sites (tertiary alicyclic amines) is 1. The minimum Gasteiger partial charge on any atom is -0.507 e. The van der Waals surface area contributed by atoms with Gasteiger partial charge in [-0.2, -0.15) is 5.10 Å². The Morgan fingerprint density at radius 2 is 1.82 bits per heavy atom. The lowest BCUT2D eigenvalue weighted by Crippen LogP contribution is -2.52. The van der Waals surface area contributed by atoms with Crippen LogP contribution in [0.1, 0.15) is 56.9 Å². The summed E-state index contributed by atoms with van der Waals surface area (Å²) in [5, 5.41) is 26.6. The van der Waals surface area contributed by atoms with Gasteiger partial charge in [-0.3, -0.25) is 0 Å². The number of hydrogen-bond donors (Lipinski definition) is 3. The minimum atomic E-state index is 0.158. The zero-order valence-corrected chi connectivity index (χ0v) is 22.2. The van der Waals surface area contributed by atoms with Gasteiger partial charge in [0.25, 0.3) is 0 Å². The van der Waals surface area contributed by atoms with E-state index in [2.05, 4.69) is 38.6 Å². The molecular weight excluding hydrogens is 478 g/mol. The van der Waals surface area contributed by atoms with Crippen molar-refractivity contribution in [2.45, 2.75) is 69.6 Å². The molecule has 1 atom stereocenters. The Kier molecular flexibility index (Phi) is 7.32. The first kappa shape index (κ1) is 25.3. The van der Waals surface area contributed by atoms with Crippen LogP contribution < -0.4 is 11.1 Å². The summed E-state index contributed by atoms with van der Waals surface area (Å²) in [4.78, 5) is 2.69. The summed E-state index contributed by atoms with van der Waals surface area (Å²) >= 11 is 0. The number of hydrogen-bond acceptors (Lipinski definition) is 8. The number of anilines is 1. The highest BCUT2D eigenvalue weighted by atomic mass is 16.5. The van der Waals surface area contributed by atoms with Crippen LogP contribution in [0.15, 0.2) is 42.7 Å². The highest BCUT2D eigenvalue weighted by Gasteiger charge is 2.38. The molecule has 3 aromatic rings. The van der Waals surface area contributed by atoms with Crippen molar-refractivity contribution >= 4 is 5.82 Å². The van der Waals surface area contributed by atoms with Crippen LogP contribution in [-0.2, 0) is 4.74 Å². The second-order valence-electron chi connectivity index (χ2n) is 11.2. The second-order valence-corrected chi connectivity index (χ2v) is 11.2. The molecule has 4 N–H and O–H groups in total. The summed E-state index contributed by atoms with van der Waals surface area (Å²) in [7, 11) is 0. The molecule has 202 valence electrons. The van der Waals surface area contributed by atoms with Crippen LogP contribution in [0.5, 0.6) is 5.75 Å². The zero-order valence-electron chi connectivity index (χ0n) is 22.2. The number of nitrogens with zero attached hydrogens (tertiary/aromatic N) is 5. The monoisotopic (exact) mass is 517 g/mol. The molecule has 0 amide bonds. The molecule has 2 aliphatic heterocycles. The standard InChI is InChI=1S/C29H39N7O2/c1-19(20-8-12-35(13-9-20)22-14-24(15-22)38-23-6-10-31-11-7-23)21-17-32-36(18-21)27-16-26(33-34-29(27)30)25-4-2-3-5-28(25)37/h2-5,16-20,22-24,31,37H,6-15H2,1H3,(H2,30,34)/t19-,22-,24-/m1/s1. The Morgan fingerprint density at radius 3 is 2.58 bits per heavy atom. The maximum absolute atomic E-state index is 10.2. The van der Waals surface area contributed by atoms with Crippen molar-refractivity contribution in [3.8, 4) is 22.7 Å². The van der Waals surface area contributed by atoms with Crippen molar-refractivity contribution in [2.75, 3.05) is 31.9 Å². The Morgan fingerprint density at radius 1 is 1.05 bits per heavy atom. The van der Waals surface area contributed by atoms with Gasteiger partial charge >= 0.3 is 0 Å². The summed E-state index contributed by atoms with van der Waals surface area (Å²) in [5.74, 6) is 1.51. The molecule has 1 aromatic carbocycles. The number of nitrogen functional groups attached to an aromatic ring is 1. The van der Waals surface area contributed by atoms with Gasteiger partial charge < -0.3 is 25.8 Å². The molecule has 38 heavy (non-hydrogen) atoms. The lowest BCUT2D eigenvalue weighted by molar-refractivity contribution is -0.0994. The van der Waals surface area contributed by atoms with Gasteiger partial charge in [-0.1, -0.05) is 19.1 Å². The fourth-order valence-corrected chi connectivity index (χ4v) is 6.31. The molecule has 0 bridgehead atoms. The third-order valence-electron chi connectivity index (χ3n) is 8.90. The van der Waals surface area contributed by atoms with Crippen LogP contribution in [0.3, 0.4) is 0 Å². The average molecular weight is 518 g/mol. The van der Waals surface area contributed by atoms with Gasteiger partial charge in [-0.05, 0) is 100 Å². The number of phenols is 1. The van der Waals surface area contributed by atoms with E-state index in [1.165, 1.54) is 44.3 Å². The van der Waals surface area contributed by atoms with Gasteiger partial charge in [0.15, 0.2) is 5.82 Å². The molecule has 3 aliphatic rings. The topological polar surface area (TPSA) is 114 Å². The SMILES string of the molecule is C[C@@H](c1cnn(-c2cc(-c3ccccc3O)nnc2N)c1)C1CCN([C@H]2C[C@H](OC3CCNCC3)C2)CC1. The average Bonchev–Trinajstić information content (AvgIpc) is 3.42. The summed E-state index contributed by atoms with van der Waals surface area (Å²) < 4.78 is 8.13. The molecule has 9 nitrogen and oxygen atoms in total. The highest BCUT2D eigenvalue weighted by molar-refractivity contribution is 5.70. The number of nitrogens with two attached hydrogens (primary N) is 1. The normalized spacial score (nSPS) is 24.2. The van der Waals surface area contributed by atoms with Crippen LogP contribution in [0.2, 0.25) is 0 Å². The molecule has 2 aromatic heterocycles. The first-order valence-electron chi connectivity index (χ1n) is 14.1. The second kappa shape index (κ2) is 11.0. The number of aromatic hydroxyl groups is 1. The number of piperidine rings is 2. The van der Waals surface area contributed by atoms with Gasteiger partial charge in [-0.15, -0.1) is 10.2 Å². The molecule has 0 spiro atoms. The third kappa shape index (κ3) is 5.28. The molecule has 9 heteroatoms. The van der Waals surface area contributed by atoms with Crippen LogP contribution in [-0.4, -0.2) is 74.4 Å². The third-order valence-corrected chi connectivity index (χ3v) is 8.90. The van der Waals surface area contributed by atoms with Gasteiger partial charge in [0.05, 0.1) is 24.1 Å². The Labute approximate surface area is 224 Å². The van der Waals surface area contributed by atoms with Crippen LogP contribution in [0.25, 0.3) is 16.9 Å². The fourth-order valence-electron chi connectivity index (χ4n) is 6.31. The van der Waals surface area contributed by atoms with Crippen LogP contribution >= 0.6 is 0 Å². The molecule has 6 rings (SSSR count). The Bertz CT molecular complexity index is 1230. The molecule has 1 aliphatic carbocycles. The number of benzene rings is 1. The van der Waals surface area contributed by atoms with Gasteiger partial charge in [0.1, 0.15) is 11.4 Å². The van der Waals surface area contributed by atoms with E-state index < -0.39 is 0 Å². The summed E-state index contributed by atoms with van der Waals surface area (Å²) in [6, 6.07) is 9.62. The highest BCUT2D eigenvalue weighted by Crippen LogP contribution is 2.37. The molecule has 1 saturated carbocycles. The Hall–Kier alpha value is -3.01. The van der Waals surface area contributed by atoms with Crippen LogP contribution in [0, 0.1) is 5.92 Å². The van der Waals surface area contributed by atoms with Crippen LogP contribution in [0.4, 0.5) is 5.82 Å². The van der Waals surface area contributed by atoms with Crippen molar-refractivity contribution < 1.29 is 9.84 Å². The number of ether oxygens (including phenoxy) is 1. The molecular formula is C29H39N7O2. The van der Waals surface area contributed by atoms with E-state index >= 15 is 0 Å². The fraction of sp³-hybridized carbons (Fsp3) is 0.552. The molecule has 0 unspecified atom stereocenters. The van der Waals surface area contributed by atoms with Gasteiger partial charge in [0, 0.05) is 17.8 Å². The summed E-state index contributed by atoms with van der Waals surface area (Å²) in [5.41, 5.74) is 9.23. The number of para-hydroxylation sites is 1. The lowest BCUT2D eigenvalue weighted by atomic mass is 9.80. The molecule has 4 heterocycles. The Balaban J connectivity index is 1.04. The number of nitrogens with one attached hydrogen (secondary N) is 1. The zero-order chi connectivity index (χ0) is 26.1. The van der Waals surface area contributed by atoms with Crippen molar-refractivity contribution in [1.82, 2.24) is 30.2 Å². The van der Waals surface area contributed by atoms with E-state index in [9.17, 15) is 5.11 Å². The molecule has 2 saturated heterocycles. The van der Waals surface area contributed by atoms with Crippen molar-refractivity contribution in [3.63, 3.8) is 0 Å². The number of phenolic OH excluding ortho intramolecular Hbond substituents is 1. The lowest BCUT2D eigenvalue weighted by Gasteiger charge is -2.47. The van der Waals surface area contributed by atoms with Gasteiger partial charge in [0.2, 0.25) is 0 Å². The van der Waals surface area contributed by atoms with Crippen molar-refractivity contribution in [2.24, 2.45) is 5.92 Å². The largest absolute Gasteiger partial charge is 0.507 e. The first-order chi connectivity index (χ1) is 18.5. The molecule has 0 radical (unpaired) electrons. The van der Waals surface area contributed by atoms with E-state index in [-0.39, 0.29) is 5.75 Å². The predicted molar refractivity (Wildman–Crippen MR) is 147 cm³/mol. The number of rotatable bonds is 7. The van der Waals surface area contributed by atoms with E-state index in [0.717, 1.165) is 25.9 Å². The maximum Gasteiger partial charge on any atom is 0.172 e.